The molecule has 1 amide bonds. The zero-order valence-electron chi connectivity index (χ0n) is 17.2. The van der Waals surface area contributed by atoms with E-state index in [4.69, 9.17) is 23.2 Å². The highest BCUT2D eigenvalue weighted by Crippen LogP contribution is 2.37. The van der Waals surface area contributed by atoms with Crippen molar-refractivity contribution in [1.82, 2.24) is 15.1 Å². The molecular formula is C24H22Cl2FN3O2. The number of amides is 1. The summed E-state index contributed by atoms with van der Waals surface area (Å²) in [5, 5.41) is 17.5. The fraction of sp³-hybridized carbons (Fsp3) is 0.333. The standard InChI is InChI=1S/C24H22Cl2FN3O2/c25-19-9-15(13-1-4-23(31)21(27)11-13)10-20(26)18(19)8-14-5-6-30(24(14)32)17-2-3-22-16(7-17)12-28-29-22/h1,4,9-12,14,17,31H,2-3,5-8H2,(H,28,29)/t14-,17-/m0/s1. The van der Waals surface area contributed by atoms with Crippen molar-refractivity contribution in [3.05, 3.63) is 69.2 Å². The third-order valence-electron chi connectivity index (χ3n) is 6.64. The Morgan fingerprint density at radius 1 is 1.16 bits per heavy atom. The van der Waals surface area contributed by atoms with E-state index in [1.54, 1.807) is 18.2 Å². The van der Waals surface area contributed by atoms with Crippen molar-refractivity contribution in [3.8, 4) is 16.9 Å². The van der Waals surface area contributed by atoms with Gasteiger partial charge in [0.15, 0.2) is 11.6 Å². The lowest BCUT2D eigenvalue weighted by atomic mass is 9.92. The Morgan fingerprint density at radius 3 is 2.69 bits per heavy atom. The number of aromatic nitrogens is 2. The van der Waals surface area contributed by atoms with Crippen molar-refractivity contribution < 1.29 is 14.3 Å². The number of fused-ring (bicyclic) bond motifs is 1. The van der Waals surface area contributed by atoms with Crippen LogP contribution in [-0.2, 0) is 24.1 Å². The molecule has 166 valence electrons. The van der Waals surface area contributed by atoms with Gasteiger partial charge < -0.3 is 10.0 Å². The first-order chi connectivity index (χ1) is 15.4. The molecule has 1 aliphatic heterocycles. The molecule has 0 bridgehead atoms. The Bertz CT molecular complexity index is 1170. The van der Waals surface area contributed by atoms with Gasteiger partial charge in [0.25, 0.3) is 0 Å². The number of likely N-dealkylation sites (tertiary alicyclic amines) is 1. The number of halogens is 3. The van der Waals surface area contributed by atoms with E-state index in [0.717, 1.165) is 43.5 Å². The third kappa shape index (κ3) is 3.86. The number of benzene rings is 2. The molecule has 5 rings (SSSR count). The summed E-state index contributed by atoms with van der Waals surface area (Å²) in [7, 11) is 0. The Balaban J connectivity index is 1.32. The minimum absolute atomic E-state index is 0.152. The topological polar surface area (TPSA) is 69.2 Å². The molecule has 2 aliphatic rings. The average molecular weight is 474 g/mol. The zero-order valence-corrected chi connectivity index (χ0v) is 18.8. The lowest BCUT2D eigenvalue weighted by molar-refractivity contribution is -0.133. The maximum Gasteiger partial charge on any atom is 0.226 e. The van der Waals surface area contributed by atoms with Gasteiger partial charge in [0.05, 0.1) is 5.69 Å². The molecule has 0 unspecified atom stereocenters. The molecule has 8 heteroatoms. The number of phenols is 1. The first-order valence-electron chi connectivity index (χ1n) is 10.7. The number of aryl methyl sites for hydroxylation is 1. The fourth-order valence-electron chi connectivity index (χ4n) is 4.87. The van der Waals surface area contributed by atoms with Crippen LogP contribution in [0.25, 0.3) is 11.1 Å². The van der Waals surface area contributed by atoms with Gasteiger partial charge in [-0.3, -0.25) is 9.89 Å². The Morgan fingerprint density at radius 2 is 1.94 bits per heavy atom. The van der Waals surface area contributed by atoms with Gasteiger partial charge in [-0.25, -0.2) is 4.39 Å². The maximum atomic E-state index is 13.7. The number of H-pyrrole nitrogens is 1. The normalized spacial score (nSPS) is 20.6. The third-order valence-corrected chi connectivity index (χ3v) is 7.32. The first kappa shape index (κ1) is 21.3. The predicted octanol–water partition coefficient (Wildman–Crippen LogP) is 5.18. The molecule has 1 aromatic heterocycles. The maximum absolute atomic E-state index is 13.7. The largest absolute Gasteiger partial charge is 0.505 e. The van der Waals surface area contributed by atoms with E-state index >= 15 is 0 Å². The summed E-state index contributed by atoms with van der Waals surface area (Å²) >= 11 is 13.1. The number of carbonyl (C=O) groups excluding carboxylic acids is 1. The first-order valence-corrected chi connectivity index (χ1v) is 11.4. The summed E-state index contributed by atoms with van der Waals surface area (Å²) in [6, 6.07) is 7.80. The van der Waals surface area contributed by atoms with Crippen molar-refractivity contribution in [2.24, 2.45) is 5.92 Å². The van der Waals surface area contributed by atoms with Crippen molar-refractivity contribution >= 4 is 29.1 Å². The predicted molar refractivity (Wildman–Crippen MR) is 121 cm³/mol. The lowest BCUT2D eigenvalue weighted by Crippen LogP contribution is -2.41. The lowest BCUT2D eigenvalue weighted by Gasteiger charge is -2.31. The summed E-state index contributed by atoms with van der Waals surface area (Å²) in [5.74, 6) is -1.12. The number of nitrogens with one attached hydrogen (secondary N) is 1. The smallest absolute Gasteiger partial charge is 0.226 e. The molecule has 1 saturated heterocycles. The van der Waals surface area contributed by atoms with E-state index in [1.807, 2.05) is 11.1 Å². The van der Waals surface area contributed by atoms with Crippen LogP contribution < -0.4 is 0 Å². The van der Waals surface area contributed by atoms with Gasteiger partial charge in [-0.15, -0.1) is 0 Å². The van der Waals surface area contributed by atoms with E-state index in [2.05, 4.69) is 10.2 Å². The summed E-state index contributed by atoms with van der Waals surface area (Å²) in [6.07, 6.45) is 5.82. The van der Waals surface area contributed by atoms with E-state index < -0.39 is 11.6 Å². The minimum Gasteiger partial charge on any atom is -0.505 e. The number of nitrogens with zero attached hydrogens (tertiary/aromatic N) is 2. The molecule has 3 aromatic rings. The monoisotopic (exact) mass is 473 g/mol. The number of phenolic OH excluding ortho intramolecular Hbond substituents is 1. The van der Waals surface area contributed by atoms with Crippen LogP contribution in [0.15, 0.2) is 36.5 Å². The summed E-state index contributed by atoms with van der Waals surface area (Å²) in [6.45, 7) is 0.738. The molecule has 2 atom stereocenters. The van der Waals surface area contributed by atoms with Gasteiger partial charge in [-0.1, -0.05) is 29.3 Å². The number of hydrogen-bond donors (Lipinski definition) is 2. The second kappa shape index (κ2) is 8.41. The number of rotatable bonds is 4. The summed E-state index contributed by atoms with van der Waals surface area (Å²) in [5.41, 5.74) is 4.26. The molecule has 2 N–H and O–H groups in total. The second-order valence-electron chi connectivity index (χ2n) is 8.56. The molecule has 5 nitrogen and oxygen atoms in total. The molecule has 2 heterocycles. The molecule has 0 spiro atoms. The van der Waals surface area contributed by atoms with Crippen LogP contribution in [0, 0.1) is 11.7 Å². The van der Waals surface area contributed by atoms with Gasteiger partial charge >= 0.3 is 0 Å². The van der Waals surface area contributed by atoms with Crippen LogP contribution >= 0.6 is 23.2 Å². The van der Waals surface area contributed by atoms with Crippen molar-refractivity contribution in [1.29, 1.82) is 0 Å². The van der Waals surface area contributed by atoms with Crippen LogP contribution in [0.5, 0.6) is 5.75 Å². The van der Waals surface area contributed by atoms with Crippen molar-refractivity contribution in [3.63, 3.8) is 0 Å². The van der Waals surface area contributed by atoms with Crippen LogP contribution in [-0.4, -0.2) is 38.7 Å². The molecule has 1 fully saturated rings. The highest BCUT2D eigenvalue weighted by atomic mass is 35.5. The number of hydrogen-bond acceptors (Lipinski definition) is 3. The quantitative estimate of drug-likeness (QED) is 0.548. The summed E-state index contributed by atoms with van der Waals surface area (Å²) < 4.78 is 13.7. The Hall–Kier alpha value is -2.57. The van der Waals surface area contributed by atoms with Gasteiger partial charge in [-0.2, -0.15) is 5.10 Å². The number of aromatic amines is 1. The van der Waals surface area contributed by atoms with E-state index in [1.165, 1.54) is 17.7 Å². The molecule has 32 heavy (non-hydrogen) atoms. The minimum atomic E-state index is -0.708. The second-order valence-corrected chi connectivity index (χ2v) is 9.37. The highest BCUT2D eigenvalue weighted by Gasteiger charge is 2.38. The Labute approximate surface area is 195 Å². The molecule has 1 aliphatic carbocycles. The van der Waals surface area contributed by atoms with E-state index in [0.29, 0.717) is 27.6 Å². The van der Waals surface area contributed by atoms with Crippen molar-refractivity contribution in [2.75, 3.05) is 6.54 Å². The van der Waals surface area contributed by atoms with Gasteiger partial charge in [0, 0.05) is 34.7 Å². The van der Waals surface area contributed by atoms with Crippen LogP contribution in [0.2, 0.25) is 10.0 Å². The van der Waals surface area contributed by atoms with Crippen LogP contribution in [0.4, 0.5) is 4.39 Å². The van der Waals surface area contributed by atoms with E-state index in [9.17, 15) is 14.3 Å². The number of carbonyl (C=O) groups is 1. The van der Waals surface area contributed by atoms with Crippen molar-refractivity contribution in [2.45, 2.75) is 38.1 Å². The van der Waals surface area contributed by atoms with Gasteiger partial charge in [0.1, 0.15) is 0 Å². The average Bonchev–Trinajstić information content (AvgIpc) is 3.38. The molecular weight excluding hydrogens is 452 g/mol. The number of aromatic hydroxyl groups is 1. The van der Waals surface area contributed by atoms with Gasteiger partial charge in [0.2, 0.25) is 5.91 Å². The molecule has 0 saturated carbocycles. The molecule has 2 aromatic carbocycles. The zero-order chi connectivity index (χ0) is 22.4. The summed E-state index contributed by atoms with van der Waals surface area (Å²) in [4.78, 5) is 15.2. The van der Waals surface area contributed by atoms with Crippen LogP contribution in [0.1, 0.15) is 29.7 Å². The SMILES string of the molecule is O=C1[C@H](Cc2c(Cl)cc(-c3ccc(O)c(F)c3)cc2Cl)CCN1[C@H]1CCc2n[nH]cc2C1. The van der Waals surface area contributed by atoms with Crippen LogP contribution in [0.3, 0.4) is 0 Å². The van der Waals surface area contributed by atoms with E-state index in [-0.39, 0.29) is 17.9 Å². The fourth-order valence-corrected chi connectivity index (χ4v) is 5.52. The highest BCUT2D eigenvalue weighted by molar-refractivity contribution is 6.36. The molecule has 0 radical (unpaired) electrons. The van der Waals surface area contributed by atoms with Gasteiger partial charge in [-0.05, 0) is 78.6 Å². The Kier molecular flexibility index (Phi) is 5.59.